The molecular formula is C34H33N5O2. The topological polar surface area (TPSA) is 86.4 Å². The van der Waals surface area contributed by atoms with Gasteiger partial charge in [-0.15, -0.1) is 0 Å². The average Bonchev–Trinajstić information content (AvgIpc) is 3.33. The number of rotatable bonds is 8. The van der Waals surface area contributed by atoms with Crippen molar-refractivity contribution in [2.75, 3.05) is 29.0 Å². The molecule has 0 atom stereocenters. The highest BCUT2D eigenvalue weighted by atomic mass is 16.2. The van der Waals surface area contributed by atoms with Gasteiger partial charge in [0.15, 0.2) is 0 Å². The molecule has 2 aliphatic rings. The highest BCUT2D eigenvalue weighted by Gasteiger charge is 2.29. The lowest BCUT2D eigenvalue weighted by Crippen LogP contribution is -2.29. The number of pyridine rings is 1. The molecule has 7 nitrogen and oxygen atoms in total. The lowest BCUT2D eigenvalue weighted by atomic mass is 9.99. The minimum Gasteiger partial charge on any atom is -0.354 e. The van der Waals surface area contributed by atoms with E-state index in [1.165, 1.54) is 24.8 Å². The minimum absolute atomic E-state index is 0.169. The smallest absolute Gasteiger partial charge is 0.258 e. The van der Waals surface area contributed by atoms with Crippen LogP contribution in [0.15, 0.2) is 97.2 Å². The minimum atomic E-state index is -0.190. The van der Waals surface area contributed by atoms with Gasteiger partial charge in [0.05, 0.1) is 17.7 Å². The Morgan fingerprint density at radius 3 is 2.34 bits per heavy atom. The number of anilines is 3. The molecule has 0 unspecified atom stereocenters. The van der Waals surface area contributed by atoms with Crippen LogP contribution in [0.2, 0.25) is 0 Å². The Bertz CT molecular complexity index is 1560. The van der Waals surface area contributed by atoms with Crippen LogP contribution in [0.1, 0.15) is 41.6 Å². The molecule has 2 aliphatic heterocycles. The summed E-state index contributed by atoms with van der Waals surface area (Å²) in [6.45, 7) is 3.27. The Labute approximate surface area is 240 Å². The summed E-state index contributed by atoms with van der Waals surface area (Å²) in [6, 6.07) is 29.3. The molecule has 0 spiro atoms. The van der Waals surface area contributed by atoms with Crippen LogP contribution in [0.3, 0.4) is 0 Å². The summed E-state index contributed by atoms with van der Waals surface area (Å²) in [5, 5.41) is 9.49. The summed E-state index contributed by atoms with van der Waals surface area (Å²) in [7, 11) is 0. The van der Waals surface area contributed by atoms with Crippen molar-refractivity contribution in [1.82, 2.24) is 9.88 Å². The number of carbonyl (C=O) groups is 2. The molecule has 3 aromatic carbocycles. The number of carbonyl (C=O) groups excluding carboxylic acids is 2. The van der Waals surface area contributed by atoms with Crippen LogP contribution in [0.5, 0.6) is 0 Å². The Kier molecular flexibility index (Phi) is 7.87. The summed E-state index contributed by atoms with van der Waals surface area (Å²) >= 11 is 0. The maximum Gasteiger partial charge on any atom is 0.258 e. The fraction of sp³-hybridized carbons (Fsp3) is 0.206. The molecule has 2 amide bonds. The van der Waals surface area contributed by atoms with E-state index in [4.69, 9.17) is 0 Å². The van der Waals surface area contributed by atoms with Crippen LogP contribution >= 0.6 is 0 Å². The van der Waals surface area contributed by atoms with Gasteiger partial charge in [0.2, 0.25) is 5.91 Å². The molecule has 7 heteroatoms. The second-order valence-electron chi connectivity index (χ2n) is 10.5. The predicted octanol–water partition coefficient (Wildman–Crippen LogP) is 6.18. The van der Waals surface area contributed by atoms with Gasteiger partial charge in [0.1, 0.15) is 0 Å². The van der Waals surface area contributed by atoms with E-state index < -0.39 is 0 Å². The average molecular weight is 544 g/mol. The third-order valence-corrected chi connectivity index (χ3v) is 7.51. The zero-order valence-corrected chi connectivity index (χ0v) is 22.9. The molecule has 41 heavy (non-hydrogen) atoms. The standard InChI is InChI=1S/C34H33N5O2/c40-31(22-27-11-5-6-18-35-27)36-28-16-17-30-29(21-28)32(34(41)38-30)33(25-9-3-1-4-10-25)37-26-14-12-24(13-15-26)23-39-19-7-2-8-20-39/h1,3-6,9-18,21,37H,2,7-8,19-20,22-23H2,(H,36,40)(H,38,41). The first-order valence-electron chi connectivity index (χ1n) is 14.2. The lowest BCUT2D eigenvalue weighted by Gasteiger charge is -2.26. The molecular weight excluding hydrogens is 510 g/mol. The lowest BCUT2D eigenvalue weighted by molar-refractivity contribution is -0.115. The first-order valence-corrected chi connectivity index (χ1v) is 14.2. The molecule has 6 rings (SSSR count). The second-order valence-corrected chi connectivity index (χ2v) is 10.5. The van der Waals surface area contributed by atoms with Crippen molar-refractivity contribution in [3.63, 3.8) is 0 Å². The number of likely N-dealkylation sites (tertiary alicyclic amines) is 1. The highest BCUT2D eigenvalue weighted by molar-refractivity contribution is 6.37. The van der Waals surface area contributed by atoms with Crippen molar-refractivity contribution in [3.8, 4) is 0 Å². The van der Waals surface area contributed by atoms with E-state index >= 15 is 0 Å². The number of aromatic nitrogens is 1. The Balaban J connectivity index is 1.28. The first-order chi connectivity index (χ1) is 20.1. The summed E-state index contributed by atoms with van der Waals surface area (Å²) in [5.41, 5.74) is 7.08. The SMILES string of the molecule is O=C(Cc1ccccn1)Nc1ccc2c(c1)C(=C(Nc1ccc(CN3CCCCC3)cc1)c1ccccc1)C(=O)N2. The number of benzene rings is 3. The van der Waals surface area contributed by atoms with Crippen molar-refractivity contribution in [1.29, 1.82) is 0 Å². The van der Waals surface area contributed by atoms with Crippen molar-refractivity contribution < 1.29 is 9.59 Å². The van der Waals surface area contributed by atoms with E-state index in [1.54, 1.807) is 12.3 Å². The van der Waals surface area contributed by atoms with Gasteiger partial charge in [-0.3, -0.25) is 19.5 Å². The van der Waals surface area contributed by atoms with Gasteiger partial charge in [-0.05, 0) is 79.5 Å². The Morgan fingerprint density at radius 1 is 0.829 bits per heavy atom. The second kappa shape index (κ2) is 12.2. The number of hydrogen-bond donors (Lipinski definition) is 3. The molecule has 4 aromatic rings. The molecule has 1 fully saturated rings. The summed E-state index contributed by atoms with van der Waals surface area (Å²) in [6.07, 6.45) is 5.71. The van der Waals surface area contributed by atoms with Gasteiger partial charge in [-0.1, -0.05) is 55.0 Å². The van der Waals surface area contributed by atoms with Crippen LogP contribution in [0.4, 0.5) is 17.1 Å². The van der Waals surface area contributed by atoms with E-state index in [0.29, 0.717) is 28.3 Å². The van der Waals surface area contributed by atoms with Crippen LogP contribution in [-0.2, 0) is 22.6 Å². The van der Waals surface area contributed by atoms with Gasteiger partial charge in [0.25, 0.3) is 5.91 Å². The van der Waals surface area contributed by atoms with Crippen molar-refractivity contribution in [2.24, 2.45) is 0 Å². The number of nitrogens with zero attached hydrogens (tertiary/aromatic N) is 2. The van der Waals surface area contributed by atoms with Gasteiger partial charge in [-0.25, -0.2) is 0 Å². The molecule has 0 saturated carbocycles. The molecule has 206 valence electrons. The van der Waals surface area contributed by atoms with E-state index in [1.807, 2.05) is 60.7 Å². The Morgan fingerprint density at radius 2 is 1.59 bits per heavy atom. The fourth-order valence-electron chi connectivity index (χ4n) is 5.46. The van der Waals surface area contributed by atoms with Crippen LogP contribution in [-0.4, -0.2) is 34.8 Å². The number of nitrogens with one attached hydrogen (secondary N) is 3. The zero-order valence-electron chi connectivity index (χ0n) is 22.9. The quantitative estimate of drug-likeness (QED) is 0.231. The number of piperidine rings is 1. The van der Waals surface area contributed by atoms with E-state index in [2.05, 4.69) is 50.1 Å². The van der Waals surface area contributed by atoms with Gasteiger partial charge < -0.3 is 16.0 Å². The molecule has 1 aromatic heterocycles. The maximum absolute atomic E-state index is 13.4. The monoisotopic (exact) mass is 543 g/mol. The van der Waals surface area contributed by atoms with Crippen molar-refractivity contribution in [3.05, 3.63) is 120 Å². The summed E-state index contributed by atoms with van der Waals surface area (Å²) in [4.78, 5) is 32.8. The molecule has 0 aliphatic carbocycles. The Hall–Kier alpha value is -4.75. The molecule has 0 bridgehead atoms. The van der Waals surface area contributed by atoms with Crippen molar-refractivity contribution in [2.45, 2.75) is 32.2 Å². The number of hydrogen-bond acceptors (Lipinski definition) is 5. The molecule has 3 heterocycles. The third-order valence-electron chi connectivity index (χ3n) is 7.51. The van der Waals surface area contributed by atoms with Crippen LogP contribution in [0.25, 0.3) is 11.3 Å². The van der Waals surface area contributed by atoms with Gasteiger partial charge >= 0.3 is 0 Å². The van der Waals surface area contributed by atoms with Crippen LogP contribution < -0.4 is 16.0 Å². The third kappa shape index (κ3) is 6.36. The van der Waals surface area contributed by atoms with E-state index in [0.717, 1.165) is 36.4 Å². The van der Waals surface area contributed by atoms with Crippen LogP contribution in [0, 0.1) is 0 Å². The van der Waals surface area contributed by atoms with Gasteiger partial charge in [-0.2, -0.15) is 0 Å². The highest BCUT2D eigenvalue weighted by Crippen LogP contribution is 2.39. The maximum atomic E-state index is 13.4. The number of fused-ring (bicyclic) bond motifs is 1. The zero-order chi connectivity index (χ0) is 28.0. The van der Waals surface area contributed by atoms with Crippen molar-refractivity contribution >= 4 is 40.1 Å². The first kappa shape index (κ1) is 26.5. The molecule has 1 saturated heterocycles. The largest absolute Gasteiger partial charge is 0.354 e. The normalized spacial score (nSPS) is 16.0. The van der Waals surface area contributed by atoms with Gasteiger partial charge in [0, 0.05) is 41.1 Å². The predicted molar refractivity (Wildman–Crippen MR) is 164 cm³/mol. The molecule has 3 N–H and O–H groups in total. The van der Waals surface area contributed by atoms with E-state index in [9.17, 15) is 9.59 Å². The fourth-order valence-corrected chi connectivity index (χ4v) is 5.46. The molecule has 0 radical (unpaired) electrons. The summed E-state index contributed by atoms with van der Waals surface area (Å²) in [5.74, 6) is -0.359. The van der Waals surface area contributed by atoms with E-state index in [-0.39, 0.29) is 18.2 Å². The summed E-state index contributed by atoms with van der Waals surface area (Å²) < 4.78 is 0. The number of amides is 2.